The van der Waals surface area contributed by atoms with Gasteiger partial charge in [0.05, 0.1) is 22.4 Å². The lowest BCUT2D eigenvalue weighted by Crippen LogP contribution is -2.12. The molecule has 148 valence electrons. The fourth-order valence-electron chi connectivity index (χ4n) is 2.46. The predicted octanol–water partition coefficient (Wildman–Crippen LogP) is 5.20. The first kappa shape index (κ1) is 20.4. The van der Waals surface area contributed by atoms with E-state index in [-0.39, 0.29) is 21.3 Å². The Morgan fingerprint density at radius 1 is 1.07 bits per heavy atom. The molecule has 0 aliphatic heterocycles. The molecule has 5 nitrogen and oxygen atoms in total. The van der Waals surface area contributed by atoms with Crippen LogP contribution in [0.25, 0.3) is 10.1 Å². The van der Waals surface area contributed by atoms with Gasteiger partial charge in [-0.15, -0.1) is 11.3 Å². The van der Waals surface area contributed by atoms with E-state index in [0.29, 0.717) is 10.1 Å². The van der Waals surface area contributed by atoms with Gasteiger partial charge in [-0.2, -0.15) is 13.2 Å². The number of amides is 1. The van der Waals surface area contributed by atoms with Crippen LogP contribution in [0.3, 0.4) is 0 Å². The summed E-state index contributed by atoms with van der Waals surface area (Å²) < 4.78 is 63.9. The van der Waals surface area contributed by atoms with Crippen molar-refractivity contribution in [3.8, 4) is 0 Å². The van der Waals surface area contributed by atoms with Crippen molar-refractivity contribution in [1.82, 2.24) is 0 Å². The smallest absolute Gasteiger partial charge is 0.321 e. The quantitative estimate of drug-likeness (QED) is 0.576. The molecule has 0 unspecified atom stereocenters. The second-order valence-corrected chi connectivity index (χ2v) is 9.19. The Balaban J connectivity index is 1.87. The molecule has 2 N–H and O–H groups in total. The summed E-state index contributed by atoms with van der Waals surface area (Å²) in [6.07, 6.45) is -3.50. The lowest BCUT2D eigenvalue weighted by molar-refractivity contribution is -0.137. The van der Waals surface area contributed by atoms with Crippen LogP contribution in [0, 0.1) is 0 Å². The molecule has 0 atom stereocenters. The molecule has 11 heteroatoms. The van der Waals surface area contributed by atoms with E-state index in [1.165, 1.54) is 30.3 Å². The molecular weight excluding hydrogens is 437 g/mol. The minimum absolute atomic E-state index is 0.163. The van der Waals surface area contributed by atoms with Crippen LogP contribution in [0.2, 0.25) is 5.02 Å². The highest BCUT2D eigenvalue weighted by atomic mass is 35.5. The minimum atomic E-state index is -4.47. The van der Waals surface area contributed by atoms with Gasteiger partial charge < -0.3 is 5.32 Å². The van der Waals surface area contributed by atoms with Crippen molar-refractivity contribution in [1.29, 1.82) is 0 Å². The average molecular weight is 449 g/mol. The Morgan fingerprint density at radius 2 is 1.75 bits per heavy atom. The van der Waals surface area contributed by atoms with Crippen LogP contribution < -0.4 is 10.0 Å². The molecule has 0 aliphatic carbocycles. The van der Waals surface area contributed by atoms with Crippen molar-refractivity contribution in [2.45, 2.75) is 6.18 Å². The van der Waals surface area contributed by atoms with Gasteiger partial charge in [0.25, 0.3) is 5.91 Å². The second kappa shape index (κ2) is 7.26. The van der Waals surface area contributed by atoms with Gasteiger partial charge >= 0.3 is 6.18 Å². The number of thiophene rings is 1. The van der Waals surface area contributed by atoms with Gasteiger partial charge in [-0.05, 0) is 47.9 Å². The number of nitrogens with one attached hydrogen (secondary N) is 2. The summed E-state index contributed by atoms with van der Waals surface area (Å²) in [4.78, 5) is 12.7. The van der Waals surface area contributed by atoms with Crippen molar-refractivity contribution in [3.63, 3.8) is 0 Å². The molecule has 0 saturated carbocycles. The molecular formula is C17H12ClF3N2O3S2. The van der Waals surface area contributed by atoms with Gasteiger partial charge in [0.2, 0.25) is 10.0 Å². The molecule has 1 amide bonds. The van der Waals surface area contributed by atoms with Gasteiger partial charge in [-0.1, -0.05) is 11.6 Å². The summed E-state index contributed by atoms with van der Waals surface area (Å²) >= 11 is 6.98. The van der Waals surface area contributed by atoms with Gasteiger partial charge in [0.1, 0.15) is 0 Å². The van der Waals surface area contributed by atoms with Gasteiger partial charge in [0, 0.05) is 15.4 Å². The molecule has 0 radical (unpaired) electrons. The van der Waals surface area contributed by atoms with E-state index in [0.717, 1.165) is 29.7 Å². The van der Waals surface area contributed by atoms with Crippen molar-refractivity contribution < 1.29 is 26.4 Å². The van der Waals surface area contributed by atoms with Crippen molar-refractivity contribution in [2.24, 2.45) is 0 Å². The number of halogens is 4. The van der Waals surface area contributed by atoms with Crippen LogP contribution in [0.1, 0.15) is 15.2 Å². The molecule has 2 aromatic carbocycles. The summed E-state index contributed by atoms with van der Waals surface area (Å²) in [5.74, 6) is -0.553. The third-order valence-corrected chi connectivity index (χ3v) is 5.47. The maximum atomic E-state index is 12.8. The molecule has 3 aromatic rings. The first-order valence-corrected chi connectivity index (χ1v) is 10.7. The number of anilines is 2. The lowest BCUT2D eigenvalue weighted by atomic mass is 10.1. The minimum Gasteiger partial charge on any atom is -0.321 e. The average Bonchev–Trinajstić information content (AvgIpc) is 2.94. The van der Waals surface area contributed by atoms with E-state index in [4.69, 9.17) is 11.6 Å². The molecule has 0 spiro atoms. The van der Waals surface area contributed by atoms with E-state index in [9.17, 15) is 26.4 Å². The number of hydrogen-bond acceptors (Lipinski definition) is 4. The van der Waals surface area contributed by atoms with Crippen molar-refractivity contribution >= 4 is 60.3 Å². The Morgan fingerprint density at radius 3 is 2.39 bits per heavy atom. The largest absolute Gasteiger partial charge is 0.416 e. The molecule has 1 heterocycles. The number of carbonyl (C=O) groups is 1. The summed E-state index contributed by atoms with van der Waals surface area (Å²) in [5, 5.41) is 3.05. The Labute approximate surface area is 167 Å². The Hall–Kier alpha value is -2.30. The third-order valence-electron chi connectivity index (χ3n) is 3.53. The number of sulfonamides is 1. The molecule has 0 bridgehead atoms. The number of carbonyl (C=O) groups excluding carboxylic acids is 1. The molecule has 0 fully saturated rings. The van der Waals surface area contributed by atoms with E-state index >= 15 is 0 Å². The van der Waals surface area contributed by atoms with Crippen molar-refractivity contribution in [2.75, 3.05) is 16.3 Å². The molecule has 0 saturated heterocycles. The number of rotatable bonds is 4. The van der Waals surface area contributed by atoms with Crippen LogP contribution in [0.15, 0.2) is 42.5 Å². The Kier molecular flexibility index (Phi) is 5.30. The first-order chi connectivity index (χ1) is 12.9. The van der Waals surface area contributed by atoms with Crippen molar-refractivity contribution in [3.05, 3.63) is 57.9 Å². The molecule has 0 aliphatic rings. The second-order valence-electron chi connectivity index (χ2n) is 5.92. The van der Waals surface area contributed by atoms with Gasteiger partial charge in [0.15, 0.2) is 0 Å². The highest BCUT2D eigenvalue weighted by molar-refractivity contribution is 7.92. The maximum absolute atomic E-state index is 12.8. The molecule has 3 rings (SSSR count). The highest BCUT2D eigenvalue weighted by Gasteiger charge is 2.30. The fourth-order valence-corrected chi connectivity index (χ4v) is 4.18. The fraction of sp³-hybridized carbons (Fsp3) is 0.118. The van der Waals surface area contributed by atoms with Crippen LogP contribution in [0.4, 0.5) is 24.5 Å². The van der Waals surface area contributed by atoms with E-state index in [2.05, 4.69) is 10.0 Å². The Bertz CT molecular complexity index is 1170. The van der Waals surface area contributed by atoms with Gasteiger partial charge in [-0.3, -0.25) is 9.52 Å². The van der Waals surface area contributed by atoms with E-state index in [1.807, 2.05) is 0 Å². The molecule has 1 aromatic heterocycles. The number of hydrogen-bond donors (Lipinski definition) is 2. The number of benzene rings is 2. The zero-order valence-corrected chi connectivity index (χ0v) is 16.5. The van der Waals surface area contributed by atoms with E-state index in [1.54, 1.807) is 0 Å². The van der Waals surface area contributed by atoms with Crippen LogP contribution in [-0.4, -0.2) is 20.6 Å². The van der Waals surface area contributed by atoms with Crippen LogP contribution in [-0.2, 0) is 16.2 Å². The van der Waals surface area contributed by atoms with Crippen LogP contribution in [0.5, 0.6) is 0 Å². The summed E-state index contributed by atoms with van der Waals surface area (Å²) in [7, 11) is -3.54. The zero-order valence-electron chi connectivity index (χ0n) is 14.1. The number of fused-ring (bicyclic) bond motifs is 1. The first-order valence-electron chi connectivity index (χ1n) is 7.61. The van der Waals surface area contributed by atoms with Crippen LogP contribution >= 0.6 is 22.9 Å². The standard InChI is InChI=1S/C17H12ClF3N2O3S2/c1-28(25,26)23-13-7-11(18)6-12(8-13)22-16(24)15-5-9-4-10(17(19,20)21)2-3-14(9)27-15/h2-8,23H,1H3,(H,22,24). The highest BCUT2D eigenvalue weighted by Crippen LogP contribution is 2.34. The van der Waals surface area contributed by atoms with E-state index < -0.39 is 27.7 Å². The SMILES string of the molecule is CS(=O)(=O)Nc1cc(Cl)cc(NC(=O)c2cc3cc(C(F)(F)F)ccc3s2)c1. The topological polar surface area (TPSA) is 75.3 Å². The summed E-state index contributed by atoms with van der Waals surface area (Å²) in [6.45, 7) is 0. The monoisotopic (exact) mass is 448 g/mol. The lowest BCUT2D eigenvalue weighted by Gasteiger charge is -2.09. The summed E-state index contributed by atoms with van der Waals surface area (Å²) in [5.41, 5.74) is -0.398. The number of alkyl halides is 3. The molecule has 28 heavy (non-hydrogen) atoms. The van der Waals surface area contributed by atoms with Gasteiger partial charge in [-0.25, -0.2) is 8.42 Å². The zero-order chi connectivity index (χ0) is 20.7. The summed E-state index contributed by atoms with van der Waals surface area (Å²) in [6, 6.07) is 8.78. The third kappa shape index (κ3) is 4.94. The predicted molar refractivity (Wildman–Crippen MR) is 105 cm³/mol. The maximum Gasteiger partial charge on any atom is 0.416 e. The normalized spacial score (nSPS) is 12.2.